The van der Waals surface area contributed by atoms with Crippen LogP contribution in [0.5, 0.6) is 11.5 Å². The van der Waals surface area contributed by atoms with Crippen molar-refractivity contribution in [1.29, 1.82) is 0 Å². The Morgan fingerprint density at radius 3 is 2.35 bits per heavy atom. The van der Waals surface area contributed by atoms with Crippen LogP contribution < -0.4 is 15.4 Å². The van der Waals surface area contributed by atoms with E-state index in [1.54, 1.807) is 40.9 Å². The molecule has 9 nitrogen and oxygen atoms in total. The van der Waals surface area contributed by atoms with Gasteiger partial charge in [0.05, 0.1) is 18.8 Å². The summed E-state index contributed by atoms with van der Waals surface area (Å²) in [5, 5.41) is 27.3. The van der Waals surface area contributed by atoms with Crippen LogP contribution in [-0.2, 0) is 20.7 Å². The van der Waals surface area contributed by atoms with Crippen molar-refractivity contribution in [3.63, 3.8) is 0 Å². The normalized spacial score (nSPS) is 14.8. The lowest BCUT2D eigenvalue weighted by atomic mass is 9.82. The molecule has 0 heterocycles. The fraction of sp³-hybridized carbons (Fsp3) is 0.742. The molecule has 0 aliphatic heterocycles. The molecule has 0 bridgehead atoms. The quantitative estimate of drug-likeness (QED) is 0.180. The lowest BCUT2D eigenvalue weighted by Gasteiger charge is -2.32. The van der Waals surface area contributed by atoms with Crippen molar-refractivity contribution in [2.75, 3.05) is 26.9 Å². The first-order chi connectivity index (χ1) is 18.8. The van der Waals surface area contributed by atoms with Crippen LogP contribution in [0.15, 0.2) is 18.2 Å². The third kappa shape index (κ3) is 14.2. The van der Waals surface area contributed by atoms with E-state index in [2.05, 4.69) is 31.4 Å². The van der Waals surface area contributed by atoms with Crippen LogP contribution in [-0.4, -0.2) is 66.8 Å². The summed E-state index contributed by atoms with van der Waals surface area (Å²) in [7, 11) is 1.63. The average Bonchev–Trinajstić information content (AvgIpc) is 2.86. The molecule has 0 fully saturated rings. The van der Waals surface area contributed by atoms with Gasteiger partial charge >= 0.3 is 6.09 Å². The first kappa shape index (κ1) is 35.5. The molecule has 40 heavy (non-hydrogen) atoms. The molecule has 4 atom stereocenters. The number of phenols is 1. The van der Waals surface area contributed by atoms with Gasteiger partial charge in [-0.1, -0.05) is 40.2 Å². The van der Waals surface area contributed by atoms with Gasteiger partial charge in [-0.25, -0.2) is 4.79 Å². The minimum atomic E-state index is -0.944. The summed E-state index contributed by atoms with van der Waals surface area (Å²) >= 11 is 0. The van der Waals surface area contributed by atoms with Crippen molar-refractivity contribution >= 4 is 12.0 Å². The number of amides is 2. The molecule has 1 aromatic carbocycles. The number of unbranched alkanes of at least 4 members (excludes halogenated alkanes) is 1. The summed E-state index contributed by atoms with van der Waals surface area (Å²) in [6.45, 7) is 15.0. The number of aromatic hydroxyl groups is 1. The molecule has 230 valence electrons. The van der Waals surface area contributed by atoms with Gasteiger partial charge in [0.2, 0.25) is 5.91 Å². The number of carbonyl (C=O) groups is 2. The van der Waals surface area contributed by atoms with E-state index in [-0.39, 0.29) is 29.9 Å². The first-order valence-electron chi connectivity index (χ1n) is 14.7. The predicted octanol–water partition coefficient (Wildman–Crippen LogP) is 5.21. The van der Waals surface area contributed by atoms with Crippen LogP contribution in [0.4, 0.5) is 4.79 Å². The Balaban J connectivity index is 3.06. The van der Waals surface area contributed by atoms with E-state index in [9.17, 15) is 19.8 Å². The fourth-order valence-corrected chi connectivity index (χ4v) is 4.37. The maximum absolute atomic E-state index is 12.7. The number of nitrogens with one attached hydrogen (secondary N) is 2. The first-order valence-corrected chi connectivity index (χ1v) is 14.7. The number of hydrogen-bond acceptors (Lipinski definition) is 7. The van der Waals surface area contributed by atoms with Crippen LogP contribution in [0, 0.1) is 17.8 Å². The third-order valence-corrected chi connectivity index (χ3v) is 6.81. The monoisotopic (exact) mass is 566 g/mol. The zero-order valence-corrected chi connectivity index (χ0v) is 25.9. The van der Waals surface area contributed by atoms with Crippen LogP contribution in [0.1, 0.15) is 86.1 Å². The lowest BCUT2D eigenvalue weighted by Crippen LogP contribution is -2.48. The van der Waals surface area contributed by atoms with E-state index in [0.29, 0.717) is 44.8 Å². The van der Waals surface area contributed by atoms with Crippen LogP contribution >= 0.6 is 0 Å². The molecule has 0 unspecified atom stereocenters. The van der Waals surface area contributed by atoms with Gasteiger partial charge in [0.15, 0.2) is 11.5 Å². The molecule has 0 saturated carbocycles. The number of phenolic OH excluding ortho intramolecular Hbond substituents is 1. The summed E-state index contributed by atoms with van der Waals surface area (Å²) in [5.74, 6) is 0.281. The highest BCUT2D eigenvalue weighted by atomic mass is 16.6. The number of aliphatic hydroxyl groups excluding tert-OH is 1. The molecule has 0 aliphatic rings. The van der Waals surface area contributed by atoms with E-state index >= 15 is 0 Å². The van der Waals surface area contributed by atoms with E-state index in [1.165, 1.54) is 0 Å². The van der Waals surface area contributed by atoms with Crippen molar-refractivity contribution in [3.05, 3.63) is 23.8 Å². The third-order valence-electron chi connectivity index (χ3n) is 6.81. The minimum absolute atomic E-state index is 0.0772. The van der Waals surface area contributed by atoms with E-state index < -0.39 is 29.8 Å². The van der Waals surface area contributed by atoms with Gasteiger partial charge in [-0.2, -0.15) is 0 Å². The zero-order valence-electron chi connectivity index (χ0n) is 25.9. The van der Waals surface area contributed by atoms with Gasteiger partial charge in [0.1, 0.15) is 5.60 Å². The number of alkyl carbamates (subject to hydrolysis) is 1. The zero-order chi connectivity index (χ0) is 30.3. The molecule has 0 radical (unpaired) electrons. The summed E-state index contributed by atoms with van der Waals surface area (Å²) in [5.41, 5.74) is 0.294. The standard InChI is InChI=1S/C31H54N2O7/c1-9-10-14-32-29(36)22(4)17-27(35)25(33-30(37)40-31(5,6)7)20-24(21(2)3)18-23-12-13-26(34)28(19-23)39-16-11-15-38-8/h12-13,19,21-22,24-25,27,34-35H,9-11,14-18,20H2,1-8H3,(H,32,36)(H,33,37)/t22-,24+,25+,27+/m1/s1. The molecule has 0 saturated heterocycles. The second kappa shape index (κ2) is 18.0. The van der Waals surface area contributed by atoms with Crippen molar-refractivity contribution in [2.45, 2.75) is 105 Å². The van der Waals surface area contributed by atoms with Gasteiger partial charge in [-0.05, 0) is 76.0 Å². The van der Waals surface area contributed by atoms with E-state index in [1.807, 2.05) is 12.1 Å². The van der Waals surface area contributed by atoms with Gasteiger partial charge in [0, 0.05) is 32.6 Å². The summed E-state index contributed by atoms with van der Waals surface area (Å²) in [4.78, 5) is 25.3. The molecule has 0 spiro atoms. The Labute approximate surface area is 241 Å². The fourth-order valence-electron chi connectivity index (χ4n) is 4.37. The molecule has 1 rings (SSSR count). The van der Waals surface area contributed by atoms with Crippen molar-refractivity contribution in [1.82, 2.24) is 10.6 Å². The summed E-state index contributed by atoms with van der Waals surface area (Å²) in [6, 6.07) is 4.72. The molecule has 0 aliphatic carbocycles. The molecule has 4 N–H and O–H groups in total. The summed E-state index contributed by atoms with van der Waals surface area (Å²) < 4.78 is 16.3. The second-order valence-corrected chi connectivity index (χ2v) is 12.0. The van der Waals surface area contributed by atoms with E-state index in [4.69, 9.17) is 14.2 Å². The Morgan fingerprint density at radius 2 is 1.75 bits per heavy atom. The number of aliphatic hydroxyl groups is 1. The van der Waals surface area contributed by atoms with Gasteiger partial charge in [-0.3, -0.25) is 4.79 Å². The molecule has 0 aromatic heterocycles. The Morgan fingerprint density at radius 1 is 1.05 bits per heavy atom. The number of hydrogen-bond donors (Lipinski definition) is 4. The predicted molar refractivity (Wildman–Crippen MR) is 158 cm³/mol. The van der Waals surface area contributed by atoms with Gasteiger partial charge < -0.3 is 35.1 Å². The molecule has 2 amide bonds. The van der Waals surface area contributed by atoms with Crippen molar-refractivity contribution in [3.8, 4) is 11.5 Å². The van der Waals surface area contributed by atoms with Crippen LogP contribution in [0.2, 0.25) is 0 Å². The maximum Gasteiger partial charge on any atom is 0.407 e. The largest absolute Gasteiger partial charge is 0.504 e. The molecular weight excluding hydrogens is 512 g/mol. The average molecular weight is 567 g/mol. The smallest absolute Gasteiger partial charge is 0.407 e. The van der Waals surface area contributed by atoms with Crippen molar-refractivity contribution < 1.29 is 34.0 Å². The Hall–Kier alpha value is -2.52. The highest BCUT2D eigenvalue weighted by Gasteiger charge is 2.31. The highest BCUT2D eigenvalue weighted by Crippen LogP contribution is 2.31. The highest BCUT2D eigenvalue weighted by molar-refractivity contribution is 5.78. The molecule has 1 aromatic rings. The number of ether oxygens (including phenoxy) is 3. The van der Waals surface area contributed by atoms with Crippen molar-refractivity contribution in [2.24, 2.45) is 17.8 Å². The maximum atomic E-state index is 12.7. The second-order valence-electron chi connectivity index (χ2n) is 12.0. The minimum Gasteiger partial charge on any atom is -0.504 e. The van der Waals surface area contributed by atoms with Crippen LogP contribution in [0.3, 0.4) is 0 Å². The van der Waals surface area contributed by atoms with E-state index in [0.717, 1.165) is 18.4 Å². The summed E-state index contributed by atoms with van der Waals surface area (Å²) in [6.07, 6.45) is 2.39. The van der Waals surface area contributed by atoms with Crippen LogP contribution in [0.25, 0.3) is 0 Å². The molecular formula is C31H54N2O7. The number of rotatable bonds is 18. The number of carbonyl (C=O) groups excluding carboxylic acids is 2. The molecule has 9 heteroatoms. The Bertz CT molecular complexity index is 885. The van der Waals surface area contributed by atoms with Gasteiger partial charge in [0.25, 0.3) is 0 Å². The van der Waals surface area contributed by atoms with Gasteiger partial charge in [-0.15, -0.1) is 0 Å². The Kier molecular flexibility index (Phi) is 16.0. The number of methoxy groups -OCH3 is 1. The topological polar surface area (TPSA) is 126 Å². The number of benzene rings is 1. The lowest BCUT2D eigenvalue weighted by molar-refractivity contribution is -0.125. The SMILES string of the molecule is CCCCNC(=O)[C@H](C)C[C@H](O)[C@H](C[C@H](Cc1ccc(O)c(OCCCOC)c1)C(C)C)NC(=O)OC(C)(C)C.